The molecule has 0 saturated carbocycles. The van der Waals surface area contributed by atoms with E-state index in [1.54, 1.807) is 0 Å². The van der Waals surface area contributed by atoms with Crippen LogP contribution in [0, 0.1) is 5.92 Å². The van der Waals surface area contributed by atoms with Gasteiger partial charge in [-0.05, 0) is 57.9 Å². The molecular formula is C14H29N3. The molecule has 0 aliphatic carbocycles. The van der Waals surface area contributed by atoms with E-state index < -0.39 is 0 Å². The van der Waals surface area contributed by atoms with E-state index in [0.29, 0.717) is 0 Å². The third kappa shape index (κ3) is 3.94. The number of rotatable bonds is 6. The summed E-state index contributed by atoms with van der Waals surface area (Å²) in [6.07, 6.45) is 4.24. The number of hydrogen-bond donors (Lipinski definition) is 1. The first kappa shape index (κ1) is 13.3. The molecule has 0 radical (unpaired) electrons. The Morgan fingerprint density at radius 2 is 2.00 bits per heavy atom. The Morgan fingerprint density at radius 3 is 2.71 bits per heavy atom. The van der Waals surface area contributed by atoms with Gasteiger partial charge in [0.05, 0.1) is 0 Å². The van der Waals surface area contributed by atoms with Crippen molar-refractivity contribution in [2.75, 3.05) is 45.8 Å². The molecule has 2 aliphatic heterocycles. The van der Waals surface area contributed by atoms with Gasteiger partial charge in [0.2, 0.25) is 0 Å². The van der Waals surface area contributed by atoms with Gasteiger partial charge >= 0.3 is 0 Å². The second-order valence-corrected chi connectivity index (χ2v) is 5.86. The van der Waals surface area contributed by atoms with Crippen LogP contribution in [0.1, 0.15) is 33.1 Å². The summed E-state index contributed by atoms with van der Waals surface area (Å²) >= 11 is 0. The van der Waals surface area contributed by atoms with Gasteiger partial charge in [-0.2, -0.15) is 0 Å². The lowest BCUT2D eigenvalue weighted by Crippen LogP contribution is -2.37. The fourth-order valence-corrected chi connectivity index (χ4v) is 3.28. The first-order valence-electron chi connectivity index (χ1n) is 7.46. The van der Waals surface area contributed by atoms with Crippen LogP contribution in [0.25, 0.3) is 0 Å². The molecule has 3 nitrogen and oxygen atoms in total. The second kappa shape index (κ2) is 6.72. The second-order valence-electron chi connectivity index (χ2n) is 5.86. The molecule has 2 heterocycles. The van der Waals surface area contributed by atoms with Crippen LogP contribution in [-0.2, 0) is 0 Å². The largest absolute Gasteiger partial charge is 0.317 e. The molecule has 1 N–H and O–H groups in total. The van der Waals surface area contributed by atoms with E-state index in [1.165, 1.54) is 58.5 Å². The molecule has 2 rings (SSSR count). The molecule has 2 fully saturated rings. The zero-order chi connectivity index (χ0) is 12.1. The van der Waals surface area contributed by atoms with Crippen molar-refractivity contribution in [3.8, 4) is 0 Å². The van der Waals surface area contributed by atoms with Gasteiger partial charge in [-0.25, -0.2) is 0 Å². The molecule has 17 heavy (non-hydrogen) atoms. The predicted octanol–water partition coefficient (Wildman–Crippen LogP) is 1.40. The van der Waals surface area contributed by atoms with Crippen LogP contribution in [-0.4, -0.2) is 61.7 Å². The van der Waals surface area contributed by atoms with Crippen LogP contribution in [0.4, 0.5) is 0 Å². The number of hydrogen-bond acceptors (Lipinski definition) is 3. The molecule has 0 amide bonds. The quantitative estimate of drug-likeness (QED) is 0.756. The van der Waals surface area contributed by atoms with Crippen molar-refractivity contribution < 1.29 is 0 Å². The van der Waals surface area contributed by atoms with Crippen LogP contribution >= 0.6 is 0 Å². The summed E-state index contributed by atoms with van der Waals surface area (Å²) in [5.74, 6) is 0.785. The Morgan fingerprint density at radius 1 is 1.24 bits per heavy atom. The third-order valence-corrected chi connectivity index (χ3v) is 4.22. The van der Waals surface area contributed by atoms with Crippen LogP contribution in [0.2, 0.25) is 0 Å². The van der Waals surface area contributed by atoms with Crippen LogP contribution < -0.4 is 5.32 Å². The minimum atomic E-state index is 0.785. The summed E-state index contributed by atoms with van der Waals surface area (Å²) in [6, 6.07) is 0.865. The van der Waals surface area contributed by atoms with E-state index in [9.17, 15) is 0 Å². The standard InChI is InChI=1S/C14H29N3/c1-3-15-10-13(2)11-16-9-6-14(12-16)17-7-4-5-8-17/h13-15H,3-12H2,1-2H3. The Balaban J connectivity index is 1.66. The molecule has 0 aromatic heterocycles. The van der Waals surface area contributed by atoms with E-state index in [2.05, 4.69) is 29.0 Å². The van der Waals surface area contributed by atoms with Crippen molar-refractivity contribution in [2.45, 2.75) is 39.2 Å². The molecule has 0 bridgehead atoms. The third-order valence-electron chi connectivity index (χ3n) is 4.22. The Bertz CT molecular complexity index is 214. The fourth-order valence-electron chi connectivity index (χ4n) is 3.28. The van der Waals surface area contributed by atoms with Crippen LogP contribution in [0.5, 0.6) is 0 Å². The number of nitrogens with zero attached hydrogens (tertiary/aromatic N) is 2. The summed E-state index contributed by atoms with van der Waals surface area (Å²) in [7, 11) is 0. The fraction of sp³-hybridized carbons (Fsp3) is 1.00. The molecule has 100 valence electrons. The molecular weight excluding hydrogens is 210 g/mol. The average molecular weight is 239 g/mol. The number of likely N-dealkylation sites (tertiary alicyclic amines) is 2. The first-order valence-corrected chi connectivity index (χ1v) is 7.46. The molecule has 2 unspecified atom stereocenters. The van der Waals surface area contributed by atoms with Crippen LogP contribution in [0.15, 0.2) is 0 Å². The maximum absolute atomic E-state index is 3.45. The van der Waals surface area contributed by atoms with Crippen molar-refractivity contribution in [1.82, 2.24) is 15.1 Å². The highest BCUT2D eigenvalue weighted by Gasteiger charge is 2.29. The highest BCUT2D eigenvalue weighted by molar-refractivity contribution is 4.86. The van der Waals surface area contributed by atoms with E-state index in [4.69, 9.17) is 0 Å². The first-order chi connectivity index (χ1) is 8.29. The van der Waals surface area contributed by atoms with Gasteiger partial charge in [-0.3, -0.25) is 4.90 Å². The monoisotopic (exact) mass is 239 g/mol. The topological polar surface area (TPSA) is 18.5 Å². The Kier molecular flexibility index (Phi) is 5.26. The smallest absolute Gasteiger partial charge is 0.0235 e. The molecule has 0 aromatic rings. The highest BCUT2D eigenvalue weighted by Crippen LogP contribution is 2.20. The minimum absolute atomic E-state index is 0.785. The zero-order valence-corrected chi connectivity index (χ0v) is 11.6. The van der Waals surface area contributed by atoms with Crippen molar-refractivity contribution >= 4 is 0 Å². The highest BCUT2D eigenvalue weighted by atomic mass is 15.3. The maximum Gasteiger partial charge on any atom is 0.0235 e. The Labute approximate surface area is 107 Å². The van der Waals surface area contributed by atoms with Crippen LogP contribution in [0.3, 0.4) is 0 Å². The summed E-state index contributed by atoms with van der Waals surface area (Å²) in [6.45, 7) is 13.4. The molecule has 3 heteroatoms. The predicted molar refractivity (Wildman–Crippen MR) is 73.4 cm³/mol. The molecule has 2 saturated heterocycles. The van der Waals surface area contributed by atoms with Gasteiger partial charge < -0.3 is 10.2 Å². The van der Waals surface area contributed by atoms with Gasteiger partial charge in [0.1, 0.15) is 0 Å². The maximum atomic E-state index is 3.45. The lowest BCUT2D eigenvalue weighted by atomic mass is 10.1. The van der Waals surface area contributed by atoms with Gasteiger partial charge in [-0.15, -0.1) is 0 Å². The molecule has 0 spiro atoms. The number of nitrogens with one attached hydrogen (secondary N) is 1. The summed E-state index contributed by atoms with van der Waals surface area (Å²) in [4.78, 5) is 5.39. The lowest BCUT2D eigenvalue weighted by Gasteiger charge is -2.25. The van der Waals surface area contributed by atoms with E-state index >= 15 is 0 Å². The van der Waals surface area contributed by atoms with Crippen molar-refractivity contribution in [1.29, 1.82) is 0 Å². The molecule has 2 aliphatic rings. The SMILES string of the molecule is CCNCC(C)CN1CCC(N2CCCC2)C1. The van der Waals surface area contributed by atoms with E-state index in [-0.39, 0.29) is 0 Å². The van der Waals surface area contributed by atoms with Gasteiger partial charge in [0, 0.05) is 19.1 Å². The zero-order valence-electron chi connectivity index (χ0n) is 11.6. The minimum Gasteiger partial charge on any atom is -0.317 e. The van der Waals surface area contributed by atoms with Crippen molar-refractivity contribution in [3.05, 3.63) is 0 Å². The summed E-state index contributed by atoms with van der Waals surface area (Å²) < 4.78 is 0. The van der Waals surface area contributed by atoms with Gasteiger partial charge in [0.15, 0.2) is 0 Å². The van der Waals surface area contributed by atoms with Gasteiger partial charge in [0.25, 0.3) is 0 Å². The summed E-state index contributed by atoms with van der Waals surface area (Å²) in [5, 5.41) is 3.45. The lowest BCUT2D eigenvalue weighted by molar-refractivity contribution is 0.220. The Hall–Kier alpha value is -0.120. The van der Waals surface area contributed by atoms with Crippen molar-refractivity contribution in [3.63, 3.8) is 0 Å². The van der Waals surface area contributed by atoms with E-state index in [1.807, 2.05) is 0 Å². The molecule has 2 atom stereocenters. The normalized spacial score (nSPS) is 28.9. The average Bonchev–Trinajstić information content (AvgIpc) is 2.95. The molecule has 0 aromatic carbocycles. The van der Waals surface area contributed by atoms with Crippen molar-refractivity contribution in [2.24, 2.45) is 5.92 Å². The van der Waals surface area contributed by atoms with Gasteiger partial charge in [-0.1, -0.05) is 13.8 Å². The summed E-state index contributed by atoms with van der Waals surface area (Å²) in [5.41, 5.74) is 0. The van der Waals surface area contributed by atoms with E-state index in [0.717, 1.165) is 18.5 Å².